The number of benzene rings is 1. The summed E-state index contributed by atoms with van der Waals surface area (Å²) in [5.41, 5.74) is 7.57. The predicted molar refractivity (Wildman–Crippen MR) is 77.1 cm³/mol. The van der Waals surface area contributed by atoms with Crippen molar-refractivity contribution in [1.29, 1.82) is 0 Å². The van der Waals surface area contributed by atoms with E-state index in [1.54, 1.807) is 0 Å². The summed E-state index contributed by atoms with van der Waals surface area (Å²) >= 11 is 0. The van der Waals surface area contributed by atoms with Crippen LogP contribution in [-0.4, -0.2) is 26.0 Å². The first-order valence-corrected chi connectivity index (χ1v) is 8.53. The van der Waals surface area contributed by atoms with Gasteiger partial charge in [0.05, 0.1) is 10.9 Å². The fourth-order valence-electron chi connectivity index (χ4n) is 2.52. The monoisotopic (exact) mass is 283 g/mol. The minimum absolute atomic E-state index is 0.0578. The van der Waals surface area contributed by atoms with Gasteiger partial charge in [0.2, 0.25) is 0 Å². The molecule has 0 bridgehead atoms. The van der Waals surface area contributed by atoms with Crippen LogP contribution in [0.2, 0.25) is 0 Å². The molecule has 1 aromatic rings. The van der Waals surface area contributed by atoms with Crippen LogP contribution in [0, 0.1) is 6.92 Å². The molecule has 1 fully saturated rings. The minimum atomic E-state index is -2.98. The highest BCUT2D eigenvalue weighted by atomic mass is 32.2. The van der Waals surface area contributed by atoms with Crippen LogP contribution in [0.25, 0.3) is 0 Å². The lowest BCUT2D eigenvalue weighted by Gasteiger charge is -2.29. The van der Waals surface area contributed by atoms with E-state index in [4.69, 9.17) is 10.5 Å². The Kier molecular flexibility index (Phi) is 4.04. The number of sulfone groups is 1. The van der Waals surface area contributed by atoms with Gasteiger partial charge < -0.3 is 10.5 Å². The third-order valence-corrected chi connectivity index (χ3v) is 5.29. The number of anilines is 1. The van der Waals surface area contributed by atoms with Gasteiger partial charge in [-0.25, -0.2) is 8.42 Å². The van der Waals surface area contributed by atoms with Gasteiger partial charge in [-0.2, -0.15) is 0 Å². The average Bonchev–Trinajstić information content (AvgIpc) is 2.33. The van der Waals surface area contributed by atoms with Crippen LogP contribution in [0.15, 0.2) is 18.2 Å². The van der Waals surface area contributed by atoms with Crippen molar-refractivity contribution in [3.8, 4) is 5.75 Å². The lowest BCUT2D eigenvalue weighted by Crippen LogP contribution is -2.33. The molecule has 1 aromatic carbocycles. The second kappa shape index (κ2) is 5.41. The summed E-state index contributed by atoms with van der Waals surface area (Å²) in [5, 5.41) is -0.280. The number of aryl methyl sites for hydroxylation is 1. The molecule has 0 heterocycles. The fourth-order valence-corrected chi connectivity index (χ4v) is 3.68. The number of nitrogen functional groups attached to an aromatic ring is 1. The van der Waals surface area contributed by atoms with Gasteiger partial charge in [-0.05, 0) is 43.9 Å². The molecule has 106 valence electrons. The fraction of sp³-hybridized carbons (Fsp3) is 0.571. The molecule has 1 aliphatic carbocycles. The molecule has 5 heteroatoms. The van der Waals surface area contributed by atoms with Crippen molar-refractivity contribution < 1.29 is 13.2 Å². The first-order chi connectivity index (χ1) is 8.86. The largest absolute Gasteiger partial charge is 0.488 e. The maximum atomic E-state index is 11.6. The second-order valence-corrected chi connectivity index (χ2v) is 7.73. The van der Waals surface area contributed by atoms with Crippen LogP contribution < -0.4 is 10.5 Å². The maximum Gasteiger partial charge on any atom is 0.150 e. The van der Waals surface area contributed by atoms with Crippen molar-refractivity contribution in [1.82, 2.24) is 0 Å². The summed E-state index contributed by atoms with van der Waals surface area (Å²) in [6.07, 6.45) is 4.32. The molecule has 0 aromatic heterocycles. The number of nitrogens with two attached hydrogens (primary N) is 1. The van der Waals surface area contributed by atoms with Crippen LogP contribution in [0.1, 0.15) is 31.2 Å². The zero-order valence-corrected chi connectivity index (χ0v) is 12.2. The molecule has 0 radical (unpaired) electrons. The Hall–Kier alpha value is -1.23. The van der Waals surface area contributed by atoms with Crippen molar-refractivity contribution in [3.05, 3.63) is 23.8 Å². The standard InChI is InChI=1S/C14H21NO3S/c1-10-6-7-13(15)14(8-10)18-11-4-3-5-12(9-11)19(2,16)17/h6-8,11-12H,3-5,9,15H2,1-2H3. The SMILES string of the molecule is Cc1ccc(N)c(OC2CCCC(S(C)(=O)=O)C2)c1. The van der Waals surface area contributed by atoms with Gasteiger partial charge in [-0.3, -0.25) is 0 Å². The van der Waals surface area contributed by atoms with Crippen molar-refractivity contribution in [2.24, 2.45) is 0 Å². The third kappa shape index (κ3) is 3.62. The molecule has 2 unspecified atom stereocenters. The highest BCUT2D eigenvalue weighted by Gasteiger charge is 2.30. The van der Waals surface area contributed by atoms with Gasteiger partial charge >= 0.3 is 0 Å². The van der Waals surface area contributed by atoms with E-state index in [9.17, 15) is 8.42 Å². The quantitative estimate of drug-likeness (QED) is 0.864. The number of ether oxygens (including phenoxy) is 1. The molecule has 0 aliphatic heterocycles. The van der Waals surface area contributed by atoms with E-state index in [-0.39, 0.29) is 11.4 Å². The van der Waals surface area contributed by atoms with Gasteiger partial charge in [0.15, 0.2) is 0 Å². The highest BCUT2D eigenvalue weighted by molar-refractivity contribution is 7.91. The normalized spacial score (nSPS) is 24.1. The lowest BCUT2D eigenvalue weighted by molar-refractivity contribution is 0.157. The van der Waals surface area contributed by atoms with E-state index < -0.39 is 9.84 Å². The molecule has 0 spiro atoms. The first-order valence-electron chi connectivity index (χ1n) is 6.58. The summed E-state index contributed by atoms with van der Waals surface area (Å²) in [5.74, 6) is 0.666. The van der Waals surface area contributed by atoms with Crippen LogP contribution in [0.5, 0.6) is 5.75 Å². The molecule has 2 atom stereocenters. The summed E-state index contributed by atoms with van der Waals surface area (Å²) in [4.78, 5) is 0. The van der Waals surface area contributed by atoms with E-state index in [0.717, 1.165) is 24.8 Å². The zero-order valence-electron chi connectivity index (χ0n) is 11.4. The Morgan fingerprint density at radius 2 is 2.05 bits per heavy atom. The Morgan fingerprint density at radius 1 is 1.32 bits per heavy atom. The van der Waals surface area contributed by atoms with Gasteiger partial charge in [-0.1, -0.05) is 6.07 Å². The van der Waals surface area contributed by atoms with Crippen LogP contribution in [0.4, 0.5) is 5.69 Å². The van der Waals surface area contributed by atoms with Crippen LogP contribution >= 0.6 is 0 Å². The Labute approximate surface area is 114 Å². The van der Waals surface area contributed by atoms with E-state index in [0.29, 0.717) is 17.9 Å². The molecule has 0 amide bonds. The van der Waals surface area contributed by atoms with Gasteiger partial charge in [0.25, 0.3) is 0 Å². The van der Waals surface area contributed by atoms with Crippen LogP contribution in [-0.2, 0) is 9.84 Å². The molecule has 1 saturated carbocycles. The Balaban J connectivity index is 2.09. The molecule has 0 saturated heterocycles. The predicted octanol–water partition coefficient (Wildman–Crippen LogP) is 2.31. The number of hydrogen-bond donors (Lipinski definition) is 1. The van der Waals surface area contributed by atoms with Crippen LogP contribution in [0.3, 0.4) is 0 Å². The van der Waals surface area contributed by atoms with Crippen molar-refractivity contribution in [2.75, 3.05) is 12.0 Å². The van der Waals surface area contributed by atoms with Gasteiger partial charge in [0.1, 0.15) is 21.7 Å². The summed E-state index contributed by atoms with van der Waals surface area (Å²) in [6, 6.07) is 5.66. The van der Waals surface area contributed by atoms with E-state index in [2.05, 4.69) is 0 Å². The van der Waals surface area contributed by atoms with Crippen molar-refractivity contribution in [3.63, 3.8) is 0 Å². The van der Waals surface area contributed by atoms with Gasteiger partial charge in [0, 0.05) is 12.7 Å². The minimum Gasteiger partial charge on any atom is -0.488 e. The topological polar surface area (TPSA) is 69.4 Å². The molecular weight excluding hydrogens is 262 g/mol. The number of hydrogen-bond acceptors (Lipinski definition) is 4. The molecule has 2 N–H and O–H groups in total. The van der Waals surface area contributed by atoms with Gasteiger partial charge in [-0.15, -0.1) is 0 Å². The molecule has 19 heavy (non-hydrogen) atoms. The third-order valence-electron chi connectivity index (χ3n) is 3.65. The number of rotatable bonds is 3. The highest BCUT2D eigenvalue weighted by Crippen LogP contribution is 2.30. The Morgan fingerprint density at radius 3 is 2.74 bits per heavy atom. The average molecular weight is 283 g/mol. The van der Waals surface area contributed by atoms with E-state index >= 15 is 0 Å². The molecule has 2 rings (SSSR count). The van der Waals surface area contributed by atoms with E-state index in [1.165, 1.54) is 6.26 Å². The zero-order chi connectivity index (χ0) is 14.0. The second-order valence-electron chi connectivity index (χ2n) is 5.40. The molecule has 4 nitrogen and oxygen atoms in total. The lowest BCUT2D eigenvalue weighted by atomic mass is 9.97. The summed E-state index contributed by atoms with van der Waals surface area (Å²) < 4.78 is 29.2. The van der Waals surface area contributed by atoms with Crippen molar-refractivity contribution >= 4 is 15.5 Å². The smallest absolute Gasteiger partial charge is 0.150 e. The summed E-state index contributed by atoms with van der Waals surface area (Å²) in [6.45, 7) is 1.98. The van der Waals surface area contributed by atoms with E-state index in [1.807, 2.05) is 25.1 Å². The molecular formula is C14H21NO3S. The first kappa shape index (κ1) is 14.2. The van der Waals surface area contributed by atoms with Crippen molar-refractivity contribution in [2.45, 2.75) is 44.0 Å². The Bertz CT molecular complexity index is 554. The maximum absolute atomic E-state index is 11.6. The summed E-state index contributed by atoms with van der Waals surface area (Å²) in [7, 11) is -2.98. The molecule has 1 aliphatic rings.